The molecule has 0 aromatic carbocycles. The van der Waals surface area contributed by atoms with Crippen molar-refractivity contribution in [2.24, 2.45) is 0 Å². The molecule has 2 heterocycles. The van der Waals surface area contributed by atoms with Gasteiger partial charge in [-0.2, -0.15) is 0 Å². The number of pyridine rings is 1. The third kappa shape index (κ3) is 4.57. The first-order chi connectivity index (χ1) is 10.2. The van der Waals surface area contributed by atoms with Crippen LogP contribution in [-0.4, -0.2) is 36.3 Å². The lowest BCUT2D eigenvalue weighted by Crippen LogP contribution is -2.13. The number of carbonyl (C=O) groups excluding carboxylic acids is 1. The number of amides is 1. The number of carbonyl (C=O) groups is 1. The van der Waals surface area contributed by atoms with E-state index in [2.05, 4.69) is 20.8 Å². The molecule has 0 unspecified atom stereocenters. The summed E-state index contributed by atoms with van der Waals surface area (Å²) in [6, 6.07) is 3.39. The summed E-state index contributed by atoms with van der Waals surface area (Å²) < 4.78 is 9.87. The van der Waals surface area contributed by atoms with Crippen LogP contribution in [0.2, 0.25) is 0 Å². The van der Waals surface area contributed by atoms with E-state index in [-0.39, 0.29) is 5.91 Å². The van der Waals surface area contributed by atoms with Gasteiger partial charge in [-0.3, -0.25) is 9.78 Å². The molecule has 7 heteroatoms. The molecule has 1 amide bonds. The number of hydrogen-bond donors (Lipinski definition) is 2. The standard InChI is InChI=1S/C14H18N4O3/c1-10-6-13(18-21-10)17-14(19)11-7-12(9-15-8-11)16-4-3-5-20-2/h6-9,16H,3-5H2,1-2H3,(H,17,18,19). The van der Waals surface area contributed by atoms with Crippen LogP contribution in [0.3, 0.4) is 0 Å². The van der Waals surface area contributed by atoms with Crippen LogP contribution in [-0.2, 0) is 4.74 Å². The largest absolute Gasteiger partial charge is 0.385 e. The van der Waals surface area contributed by atoms with Crippen molar-refractivity contribution in [1.82, 2.24) is 10.1 Å². The van der Waals surface area contributed by atoms with Gasteiger partial charge in [-0.1, -0.05) is 5.16 Å². The fourth-order valence-electron chi connectivity index (χ4n) is 1.72. The van der Waals surface area contributed by atoms with Gasteiger partial charge < -0.3 is 19.9 Å². The van der Waals surface area contributed by atoms with E-state index in [0.717, 1.165) is 18.7 Å². The number of hydrogen-bond acceptors (Lipinski definition) is 6. The Balaban J connectivity index is 1.94. The zero-order valence-electron chi connectivity index (χ0n) is 12.0. The maximum absolute atomic E-state index is 12.1. The lowest BCUT2D eigenvalue weighted by Gasteiger charge is -2.07. The Morgan fingerprint density at radius 3 is 2.95 bits per heavy atom. The molecule has 0 aliphatic carbocycles. The Labute approximate surface area is 122 Å². The lowest BCUT2D eigenvalue weighted by molar-refractivity contribution is 0.102. The molecule has 0 fully saturated rings. The zero-order valence-corrected chi connectivity index (χ0v) is 12.0. The van der Waals surface area contributed by atoms with Crippen LogP contribution >= 0.6 is 0 Å². The molecule has 0 radical (unpaired) electrons. The van der Waals surface area contributed by atoms with Crippen molar-refractivity contribution >= 4 is 17.4 Å². The third-order valence-corrected chi connectivity index (χ3v) is 2.72. The van der Waals surface area contributed by atoms with Gasteiger partial charge >= 0.3 is 0 Å². The third-order valence-electron chi connectivity index (χ3n) is 2.72. The van der Waals surface area contributed by atoms with E-state index < -0.39 is 0 Å². The second kappa shape index (κ2) is 7.39. The number of nitrogens with zero attached hydrogens (tertiary/aromatic N) is 2. The summed E-state index contributed by atoms with van der Waals surface area (Å²) in [6.07, 6.45) is 4.05. The molecule has 2 aromatic heterocycles. The fourth-order valence-corrected chi connectivity index (χ4v) is 1.72. The second-order valence-electron chi connectivity index (χ2n) is 4.51. The Morgan fingerprint density at radius 2 is 2.24 bits per heavy atom. The normalized spacial score (nSPS) is 10.4. The summed E-state index contributed by atoms with van der Waals surface area (Å²) >= 11 is 0. The summed E-state index contributed by atoms with van der Waals surface area (Å²) in [6.45, 7) is 3.20. The molecular formula is C14H18N4O3. The lowest BCUT2D eigenvalue weighted by atomic mass is 10.2. The van der Waals surface area contributed by atoms with E-state index in [9.17, 15) is 4.79 Å². The first kappa shape index (κ1) is 15.0. The maximum Gasteiger partial charge on any atom is 0.258 e. The molecule has 0 spiro atoms. The summed E-state index contributed by atoms with van der Waals surface area (Å²) in [7, 11) is 1.66. The van der Waals surface area contributed by atoms with E-state index in [4.69, 9.17) is 9.26 Å². The Kier molecular flexibility index (Phi) is 5.28. The number of aryl methyl sites for hydroxylation is 1. The summed E-state index contributed by atoms with van der Waals surface area (Å²) in [5.74, 6) is 0.740. The number of anilines is 2. The van der Waals surface area contributed by atoms with Crippen LogP contribution in [0.4, 0.5) is 11.5 Å². The van der Waals surface area contributed by atoms with Gasteiger partial charge in [0.2, 0.25) is 0 Å². The van der Waals surface area contributed by atoms with Crippen molar-refractivity contribution in [2.45, 2.75) is 13.3 Å². The van der Waals surface area contributed by atoms with Gasteiger partial charge in [0.1, 0.15) is 5.76 Å². The average molecular weight is 290 g/mol. The predicted octanol–water partition coefficient (Wildman–Crippen LogP) is 2.08. The van der Waals surface area contributed by atoms with Crippen molar-refractivity contribution in [3.63, 3.8) is 0 Å². The van der Waals surface area contributed by atoms with Crippen LogP contribution in [0.15, 0.2) is 29.0 Å². The molecule has 7 nitrogen and oxygen atoms in total. The van der Waals surface area contributed by atoms with Crippen molar-refractivity contribution in [2.75, 3.05) is 30.9 Å². The molecule has 0 aliphatic rings. The summed E-state index contributed by atoms with van der Waals surface area (Å²) in [5.41, 5.74) is 1.24. The van der Waals surface area contributed by atoms with Crippen molar-refractivity contribution in [1.29, 1.82) is 0 Å². The van der Waals surface area contributed by atoms with Gasteiger partial charge in [0.05, 0.1) is 11.3 Å². The molecule has 0 bridgehead atoms. The first-order valence-corrected chi connectivity index (χ1v) is 6.61. The Bertz CT molecular complexity index is 597. The van der Waals surface area contributed by atoms with Crippen LogP contribution in [0.5, 0.6) is 0 Å². The molecule has 2 aromatic rings. The first-order valence-electron chi connectivity index (χ1n) is 6.61. The molecule has 0 saturated heterocycles. The number of aromatic nitrogens is 2. The van der Waals surface area contributed by atoms with E-state index >= 15 is 0 Å². The number of methoxy groups -OCH3 is 1. The predicted molar refractivity (Wildman–Crippen MR) is 78.4 cm³/mol. The van der Waals surface area contributed by atoms with Gasteiger partial charge in [-0.25, -0.2) is 0 Å². The van der Waals surface area contributed by atoms with Crippen LogP contribution in [0, 0.1) is 6.92 Å². The smallest absolute Gasteiger partial charge is 0.258 e. The molecular weight excluding hydrogens is 272 g/mol. The Hall–Kier alpha value is -2.41. The zero-order chi connectivity index (χ0) is 15.1. The minimum atomic E-state index is -0.281. The quantitative estimate of drug-likeness (QED) is 0.759. The van der Waals surface area contributed by atoms with E-state index in [0.29, 0.717) is 23.7 Å². The average Bonchev–Trinajstić information content (AvgIpc) is 2.89. The monoisotopic (exact) mass is 290 g/mol. The molecule has 2 rings (SSSR count). The molecule has 21 heavy (non-hydrogen) atoms. The van der Waals surface area contributed by atoms with E-state index in [1.165, 1.54) is 6.20 Å². The van der Waals surface area contributed by atoms with Crippen LogP contribution in [0.25, 0.3) is 0 Å². The van der Waals surface area contributed by atoms with Crippen molar-refractivity contribution < 1.29 is 14.1 Å². The Morgan fingerprint density at radius 1 is 1.38 bits per heavy atom. The minimum absolute atomic E-state index is 0.281. The summed E-state index contributed by atoms with van der Waals surface area (Å²) in [5, 5.41) is 9.55. The van der Waals surface area contributed by atoms with Crippen LogP contribution in [0.1, 0.15) is 22.5 Å². The van der Waals surface area contributed by atoms with Gasteiger partial charge in [-0.15, -0.1) is 0 Å². The number of rotatable bonds is 7. The molecule has 2 N–H and O–H groups in total. The minimum Gasteiger partial charge on any atom is -0.385 e. The molecule has 0 saturated carbocycles. The van der Waals surface area contributed by atoms with Gasteiger partial charge in [0.15, 0.2) is 5.82 Å². The number of ether oxygens (including phenoxy) is 1. The van der Waals surface area contributed by atoms with Gasteiger partial charge in [0, 0.05) is 38.7 Å². The van der Waals surface area contributed by atoms with E-state index in [1.807, 2.05) is 0 Å². The highest BCUT2D eigenvalue weighted by Gasteiger charge is 2.09. The van der Waals surface area contributed by atoms with Gasteiger partial charge in [0.25, 0.3) is 5.91 Å². The molecule has 112 valence electrons. The van der Waals surface area contributed by atoms with Crippen molar-refractivity contribution in [3.05, 3.63) is 35.9 Å². The second-order valence-corrected chi connectivity index (χ2v) is 4.51. The summed E-state index contributed by atoms with van der Waals surface area (Å²) in [4.78, 5) is 16.1. The SMILES string of the molecule is COCCCNc1cncc(C(=O)Nc2cc(C)on2)c1. The highest BCUT2D eigenvalue weighted by molar-refractivity contribution is 6.04. The topological polar surface area (TPSA) is 89.3 Å². The van der Waals surface area contributed by atoms with Crippen molar-refractivity contribution in [3.8, 4) is 0 Å². The fraction of sp³-hybridized carbons (Fsp3) is 0.357. The number of nitrogens with one attached hydrogen (secondary N) is 2. The molecule has 0 atom stereocenters. The highest BCUT2D eigenvalue weighted by atomic mass is 16.5. The van der Waals surface area contributed by atoms with Gasteiger partial charge in [-0.05, 0) is 19.4 Å². The highest BCUT2D eigenvalue weighted by Crippen LogP contribution is 2.12. The molecule has 0 aliphatic heterocycles. The van der Waals surface area contributed by atoms with E-state index in [1.54, 1.807) is 32.4 Å². The maximum atomic E-state index is 12.1. The van der Waals surface area contributed by atoms with Crippen LogP contribution < -0.4 is 10.6 Å².